The molecule has 0 aliphatic rings. The van der Waals surface area contributed by atoms with Crippen molar-refractivity contribution in [1.82, 2.24) is 10.3 Å². The molecule has 136 valence electrons. The number of anilines is 1. The molecule has 3 aromatic rings. The largest absolute Gasteiger partial charge is 0.349 e. The highest BCUT2D eigenvalue weighted by Crippen LogP contribution is 2.19. The molecule has 3 rings (SSSR count). The molecule has 0 spiro atoms. The smallest absolute Gasteiger partial charge is 0.267 e. The molecule has 1 unspecified atom stereocenters. The third-order valence-corrected chi connectivity index (χ3v) is 5.45. The summed E-state index contributed by atoms with van der Waals surface area (Å²) in [6.45, 7) is 1.88. The van der Waals surface area contributed by atoms with E-state index in [1.54, 1.807) is 23.6 Å². The van der Waals surface area contributed by atoms with Crippen LogP contribution in [-0.2, 0) is 11.2 Å². The number of hydrogen-bond acceptors (Lipinski definition) is 6. The zero-order valence-corrected chi connectivity index (χ0v) is 16.1. The molecule has 1 aromatic carbocycles. The summed E-state index contributed by atoms with van der Waals surface area (Å²) in [6, 6.07) is 12.5. The molecule has 2 heterocycles. The number of hydrogen-bond donors (Lipinski definition) is 2. The lowest BCUT2D eigenvalue weighted by Crippen LogP contribution is -2.28. The molecule has 0 radical (unpaired) electrons. The number of thiazole rings is 1. The summed E-state index contributed by atoms with van der Waals surface area (Å²) in [5, 5.41) is 18.5. The number of carbonyl (C=O) groups excluding carboxylic acids is 2. The van der Waals surface area contributed by atoms with Crippen LogP contribution in [0.4, 0.5) is 5.13 Å². The van der Waals surface area contributed by atoms with Crippen LogP contribution in [0.5, 0.6) is 0 Å². The van der Waals surface area contributed by atoms with E-state index in [0.29, 0.717) is 21.3 Å². The molecule has 0 aliphatic heterocycles. The highest BCUT2D eigenvalue weighted by molar-refractivity contribution is 7.14. The Bertz CT molecular complexity index is 972. The van der Waals surface area contributed by atoms with Crippen molar-refractivity contribution in [2.24, 2.45) is 0 Å². The molecule has 2 N–H and O–H groups in total. The van der Waals surface area contributed by atoms with E-state index in [4.69, 9.17) is 5.26 Å². The molecule has 0 saturated heterocycles. The molecule has 8 heteroatoms. The van der Waals surface area contributed by atoms with Gasteiger partial charge in [-0.2, -0.15) is 5.26 Å². The van der Waals surface area contributed by atoms with Crippen LogP contribution < -0.4 is 10.6 Å². The van der Waals surface area contributed by atoms with Crippen LogP contribution in [0, 0.1) is 11.3 Å². The molecule has 0 saturated carbocycles. The molecule has 27 heavy (non-hydrogen) atoms. The Morgan fingerprint density at radius 1 is 1.22 bits per heavy atom. The van der Waals surface area contributed by atoms with Gasteiger partial charge in [-0.3, -0.25) is 14.9 Å². The molecular formula is C19H16N4O2S2. The lowest BCUT2D eigenvalue weighted by Gasteiger charge is -2.14. The lowest BCUT2D eigenvalue weighted by atomic mass is 10.1. The van der Waals surface area contributed by atoms with Gasteiger partial charge < -0.3 is 5.32 Å². The van der Waals surface area contributed by atoms with E-state index in [9.17, 15) is 9.59 Å². The Morgan fingerprint density at radius 3 is 2.67 bits per heavy atom. The molecule has 0 bridgehead atoms. The number of carbonyl (C=O) groups is 2. The average Bonchev–Trinajstić information content (AvgIpc) is 3.34. The first-order valence-corrected chi connectivity index (χ1v) is 9.90. The molecule has 1 atom stereocenters. The maximum Gasteiger partial charge on any atom is 0.267 e. The first-order chi connectivity index (χ1) is 13.0. The van der Waals surface area contributed by atoms with Gasteiger partial charge in [0.05, 0.1) is 34.7 Å². The Labute approximate surface area is 164 Å². The molecule has 0 fully saturated rings. The first-order valence-electron chi connectivity index (χ1n) is 8.14. The van der Waals surface area contributed by atoms with E-state index in [0.717, 1.165) is 5.56 Å². The van der Waals surface area contributed by atoms with Crippen LogP contribution in [-0.4, -0.2) is 16.8 Å². The summed E-state index contributed by atoms with van der Waals surface area (Å²) >= 11 is 2.65. The third kappa shape index (κ3) is 5.00. The first kappa shape index (κ1) is 18.8. The number of aromatic nitrogens is 1. The van der Waals surface area contributed by atoms with Crippen molar-refractivity contribution < 1.29 is 9.59 Å². The SMILES string of the molecule is CC(NC(=O)Cc1csc(NC(=O)c2cccs2)n1)c1ccc(C#N)cc1. The van der Waals surface area contributed by atoms with Crippen LogP contribution in [0.2, 0.25) is 0 Å². The molecular weight excluding hydrogens is 380 g/mol. The number of benzene rings is 1. The summed E-state index contributed by atoms with van der Waals surface area (Å²) in [7, 11) is 0. The van der Waals surface area contributed by atoms with Crippen LogP contribution in [0.3, 0.4) is 0 Å². The van der Waals surface area contributed by atoms with Gasteiger partial charge in [0.15, 0.2) is 5.13 Å². The highest BCUT2D eigenvalue weighted by Gasteiger charge is 2.14. The van der Waals surface area contributed by atoms with Gasteiger partial charge in [-0.25, -0.2) is 4.98 Å². The standard InChI is InChI=1S/C19H16N4O2S2/c1-12(14-6-4-13(10-20)5-7-14)21-17(24)9-15-11-27-19(22-15)23-18(25)16-3-2-8-26-16/h2-8,11-12H,9H2,1H3,(H,21,24)(H,22,23,25). The molecule has 6 nitrogen and oxygen atoms in total. The summed E-state index contributed by atoms with van der Waals surface area (Å²) < 4.78 is 0. The third-order valence-electron chi connectivity index (χ3n) is 3.78. The van der Waals surface area contributed by atoms with E-state index >= 15 is 0 Å². The van der Waals surface area contributed by atoms with E-state index in [2.05, 4.69) is 21.7 Å². The van der Waals surface area contributed by atoms with Crippen molar-refractivity contribution in [2.75, 3.05) is 5.32 Å². The Morgan fingerprint density at radius 2 is 2.00 bits per heavy atom. The molecule has 0 aliphatic carbocycles. The van der Waals surface area contributed by atoms with Crippen molar-refractivity contribution in [2.45, 2.75) is 19.4 Å². The maximum atomic E-state index is 12.3. The second-order valence-corrected chi connectivity index (χ2v) is 7.58. The van der Waals surface area contributed by atoms with Crippen LogP contribution in [0.25, 0.3) is 0 Å². The quantitative estimate of drug-likeness (QED) is 0.663. The minimum atomic E-state index is -0.204. The van der Waals surface area contributed by atoms with Gasteiger partial charge in [0.25, 0.3) is 5.91 Å². The highest BCUT2D eigenvalue weighted by atomic mass is 32.1. The number of thiophene rings is 1. The average molecular weight is 396 g/mol. The second-order valence-electron chi connectivity index (χ2n) is 5.78. The molecule has 2 aromatic heterocycles. The van der Waals surface area contributed by atoms with Crippen molar-refractivity contribution >= 4 is 39.6 Å². The van der Waals surface area contributed by atoms with E-state index in [1.165, 1.54) is 22.7 Å². The van der Waals surface area contributed by atoms with E-state index in [-0.39, 0.29) is 24.3 Å². The summed E-state index contributed by atoms with van der Waals surface area (Å²) in [4.78, 5) is 29.2. The van der Waals surface area contributed by atoms with Crippen molar-refractivity contribution in [3.05, 3.63) is 68.9 Å². The van der Waals surface area contributed by atoms with Gasteiger partial charge in [-0.1, -0.05) is 18.2 Å². The van der Waals surface area contributed by atoms with Crippen LogP contribution in [0.1, 0.15) is 39.5 Å². The fourth-order valence-electron chi connectivity index (χ4n) is 2.40. The summed E-state index contributed by atoms with van der Waals surface area (Å²) in [5.41, 5.74) is 2.10. The number of rotatable bonds is 6. The van der Waals surface area contributed by atoms with Gasteiger partial charge in [0.2, 0.25) is 5.91 Å². The summed E-state index contributed by atoms with van der Waals surface area (Å²) in [6.07, 6.45) is 0.131. The zero-order valence-electron chi connectivity index (χ0n) is 14.4. The minimum Gasteiger partial charge on any atom is -0.349 e. The molecule has 2 amide bonds. The summed E-state index contributed by atoms with van der Waals surface area (Å²) in [5.74, 6) is -0.363. The van der Waals surface area contributed by atoms with Gasteiger partial charge in [-0.05, 0) is 36.1 Å². The van der Waals surface area contributed by atoms with Crippen LogP contribution >= 0.6 is 22.7 Å². The number of amides is 2. The van der Waals surface area contributed by atoms with Crippen LogP contribution in [0.15, 0.2) is 47.2 Å². The van der Waals surface area contributed by atoms with E-state index in [1.807, 2.05) is 30.5 Å². The predicted molar refractivity (Wildman–Crippen MR) is 106 cm³/mol. The fraction of sp³-hybridized carbons (Fsp3) is 0.158. The monoisotopic (exact) mass is 396 g/mol. The second kappa shape index (κ2) is 8.58. The number of nitrogens with one attached hydrogen (secondary N) is 2. The van der Waals surface area contributed by atoms with Gasteiger partial charge in [0, 0.05) is 5.38 Å². The van der Waals surface area contributed by atoms with Gasteiger partial charge in [0.1, 0.15) is 0 Å². The Kier molecular flexibility index (Phi) is 5.96. The van der Waals surface area contributed by atoms with Crippen molar-refractivity contribution in [3.8, 4) is 6.07 Å². The normalized spacial score (nSPS) is 11.4. The maximum absolute atomic E-state index is 12.3. The van der Waals surface area contributed by atoms with Gasteiger partial charge in [-0.15, -0.1) is 22.7 Å². The predicted octanol–water partition coefficient (Wildman–Crippen LogP) is 3.75. The number of nitriles is 1. The zero-order chi connectivity index (χ0) is 19.2. The number of nitrogens with zero attached hydrogens (tertiary/aromatic N) is 2. The van der Waals surface area contributed by atoms with Crippen molar-refractivity contribution in [1.29, 1.82) is 5.26 Å². The van der Waals surface area contributed by atoms with E-state index < -0.39 is 0 Å². The Balaban J connectivity index is 1.54. The van der Waals surface area contributed by atoms with Gasteiger partial charge >= 0.3 is 0 Å². The lowest BCUT2D eigenvalue weighted by molar-refractivity contribution is -0.121. The van der Waals surface area contributed by atoms with Crippen molar-refractivity contribution in [3.63, 3.8) is 0 Å². The Hall–Kier alpha value is -3.02. The fourth-order valence-corrected chi connectivity index (χ4v) is 3.72. The topological polar surface area (TPSA) is 94.9 Å². The minimum absolute atomic E-state index is 0.131.